The minimum atomic E-state index is -4.56. The van der Waals surface area contributed by atoms with Crippen LogP contribution in [0.2, 0.25) is 0 Å². The second-order valence-electron chi connectivity index (χ2n) is 1.72. The highest BCUT2D eigenvalue weighted by molar-refractivity contribution is 9.10. The van der Waals surface area contributed by atoms with E-state index in [9.17, 15) is 22.0 Å². The number of hydrogen-bond acceptors (Lipinski definition) is 1. The third-order valence-electron chi connectivity index (χ3n) is 0.531. The summed E-state index contributed by atoms with van der Waals surface area (Å²) in [5, 5.41) is 0. The number of alkyl halides is 6. The van der Waals surface area contributed by atoms with Crippen LogP contribution in [0.1, 0.15) is 0 Å². The maximum absolute atomic E-state index is 11.7. The first-order valence-corrected chi connectivity index (χ1v) is 3.21. The van der Waals surface area contributed by atoms with Crippen molar-refractivity contribution in [2.24, 2.45) is 0 Å². The first-order valence-electron chi connectivity index (χ1n) is 2.42. The highest BCUT2D eigenvalue weighted by atomic mass is 79.9. The van der Waals surface area contributed by atoms with Gasteiger partial charge in [-0.2, -0.15) is 22.0 Å². The van der Waals surface area contributed by atoms with Gasteiger partial charge in [0.05, 0.1) is 0 Å². The van der Waals surface area contributed by atoms with Crippen molar-refractivity contribution in [1.82, 2.24) is 0 Å². The van der Waals surface area contributed by atoms with Crippen molar-refractivity contribution in [2.45, 2.75) is 11.0 Å². The largest absolute Gasteiger partial charge is 0.411 e. The normalized spacial score (nSPS) is 13.6. The van der Waals surface area contributed by atoms with Gasteiger partial charge in [0.15, 0.2) is 0 Å². The van der Waals surface area contributed by atoms with E-state index in [0.717, 1.165) is 0 Å². The SMILES string of the molecule is FC(F)(F)COCC(F)(F)Br. The Morgan fingerprint density at radius 1 is 1.00 bits per heavy atom. The summed E-state index contributed by atoms with van der Waals surface area (Å²) in [5.74, 6) is 0. The molecule has 0 atom stereocenters. The number of rotatable bonds is 3. The molecule has 0 aromatic carbocycles. The molecule has 0 aliphatic heterocycles. The van der Waals surface area contributed by atoms with Crippen molar-refractivity contribution in [3.05, 3.63) is 0 Å². The average molecular weight is 243 g/mol. The lowest BCUT2D eigenvalue weighted by atomic mass is 10.7. The molecule has 0 bridgehead atoms. The van der Waals surface area contributed by atoms with Crippen LogP contribution in [-0.2, 0) is 4.74 Å². The standard InChI is InChI=1S/C4H4BrF5O/c5-3(6,7)1-11-2-4(8,9)10/h1-2H2. The van der Waals surface area contributed by atoms with Crippen molar-refractivity contribution in [2.75, 3.05) is 13.2 Å². The van der Waals surface area contributed by atoms with Gasteiger partial charge < -0.3 is 4.74 Å². The molecule has 0 aliphatic carbocycles. The molecule has 0 amide bonds. The lowest BCUT2D eigenvalue weighted by molar-refractivity contribution is -0.182. The van der Waals surface area contributed by atoms with Crippen molar-refractivity contribution >= 4 is 15.9 Å². The fourth-order valence-corrected chi connectivity index (χ4v) is 0.444. The van der Waals surface area contributed by atoms with Gasteiger partial charge in [0.25, 0.3) is 0 Å². The summed E-state index contributed by atoms with van der Waals surface area (Å²) in [6, 6.07) is 0. The minimum Gasteiger partial charge on any atom is -0.365 e. The molecule has 0 unspecified atom stereocenters. The molecule has 0 rings (SSSR count). The molecule has 7 heteroatoms. The van der Waals surface area contributed by atoms with Crippen molar-refractivity contribution in [3.63, 3.8) is 0 Å². The molecular formula is C4H4BrF5O. The zero-order chi connectivity index (χ0) is 9.12. The predicted molar refractivity (Wildman–Crippen MR) is 30.7 cm³/mol. The Kier molecular flexibility index (Phi) is 3.69. The highest BCUT2D eigenvalue weighted by Gasteiger charge is 2.31. The van der Waals surface area contributed by atoms with Crippen LogP contribution in [0.4, 0.5) is 22.0 Å². The monoisotopic (exact) mass is 242 g/mol. The lowest BCUT2D eigenvalue weighted by Crippen LogP contribution is -2.22. The third kappa shape index (κ3) is 10.1. The predicted octanol–water partition coefficient (Wildman–Crippen LogP) is 2.55. The van der Waals surface area contributed by atoms with Gasteiger partial charge >= 0.3 is 11.0 Å². The van der Waals surface area contributed by atoms with Gasteiger partial charge in [-0.25, -0.2) is 0 Å². The summed E-state index contributed by atoms with van der Waals surface area (Å²) >= 11 is 1.82. The zero-order valence-corrected chi connectivity index (χ0v) is 6.68. The molecule has 0 saturated carbocycles. The maximum atomic E-state index is 11.7. The third-order valence-corrected chi connectivity index (χ3v) is 0.760. The summed E-state index contributed by atoms with van der Waals surface area (Å²) in [6.07, 6.45) is -4.56. The van der Waals surface area contributed by atoms with E-state index in [2.05, 4.69) is 4.74 Å². The minimum absolute atomic E-state index is 1.29. The quantitative estimate of drug-likeness (QED) is 0.546. The van der Waals surface area contributed by atoms with Gasteiger partial charge in [-0.3, -0.25) is 0 Å². The second-order valence-corrected chi connectivity index (χ2v) is 2.88. The van der Waals surface area contributed by atoms with E-state index in [1.807, 2.05) is 15.9 Å². The fourth-order valence-electron chi connectivity index (χ4n) is 0.282. The smallest absolute Gasteiger partial charge is 0.365 e. The first kappa shape index (κ1) is 11.1. The number of hydrogen-bond donors (Lipinski definition) is 0. The Balaban J connectivity index is 3.44. The van der Waals surface area contributed by atoms with Gasteiger partial charge in [-0.15, -0.1) is 0 Å². The van der Waals surface area contributed by atoms with Crippen molar-refractivity contribution in [1.29, 1.82) is 0 Å². The Bertz CT molecular complexity index is 103. The zero-order valence-electron chi connectivity index (χ0n) is 5.09. The van der Waals surface area contributed by atoms with Gasteiger partial charge in [0, 0.05) is 0 Å². The van der Waals surface area contributed by atoms with Crippen molar-refractivity contribution in [3.8, 4) is 0 Å². The molecule has 0 heterocycles. The summed E-state index contributed by atoms with van der Waals surface area (Å²) in [6.45, 7) is -2.94. The number of ether oxygens (including phenoxy) is 1. The van der Waals surface area contributed by atoms with Crippen LogP contribution in [0, 0.1) is 0 Å². The molecule has 11 heavy (non-hydrogen) atoms. The van der Waals surface area contributed by atoms with Gasteiger partial charge in [0.1, 0.15) is 13.2 Å². The highest BCUT2D eigenvalue weighted by Crippen LogP contribution is 2.23. The van der Waals surface area contributed by atoms with E-state index in [0.29, 0.717) is 0 Å². The average Bonchev–Trinajstić information content (AvgIpc) is 1.55. The molecule has 68 valence electrons. The van der Waals surface area contributed by atoms with E-state index in [4.69, 9.17) is 0 Å². The van der Waals surface area contributed by atoms with Gasteiger partial charge in [0.2, 0.25) is 0 Å². The van der Waals surface area contributed by atoms with E-state index in [1.54, 1.807) is 0 Å². The Hall–Kier alpha value is 0.0900. The summed E-state index contributed by atoms with van der Waals surface area (Å²) in [5.41, 5.74) is 0. The summed E-state index contributed by atoms with van der Waals surface area (Å²) in [7, 11) is 0. The molecular weight excluding hydrogens is 239 g/mol. The molecule has 0 spiro atoms. The molecule has 1 nitrogen and oxygen atoms in total. The van der Waals surface area contributed by atoms with Crippen LogP contribution < -0.4 is 0 Å². The van der Waals surface area contributed by atoms with Crippen LogP contribution in [0.3, 0.4) is 0 Å². The first-order chi connectivity index (χ1) is 4.71. The second kappa shape index (κ2) is 3.66. The van der Waals surface area contributed by atoms with Gasteiger partial charge in [-0.05, 0) is 15.9 Å². The van der Waals surface area contributed by atoms with E-state index < -0.39 is 24.2 Å². The van der Waals surface area contributed by atoms with E-state index >= 15 is 0 Å². The topological polar surface area (TPSA) is 9.23 Å². The van der Waals surface area contributed by atoms with Crippen LogP contribution in [-0.4, -0.2) is 24.2 Å². The molecule has 0 aromatic rings. The summed E-state index contributed by atoms with van der Waals surface area (Å²) in [4.78, 5) is -3.39. The molecule has 0 radical (unpaired) electrons. The fraction of sp³-hybridized carbons (Fsp3) is 1.00. The Labute approximate surface area is 67.6 Å². The van der Waals surface area contributed by atoms with Crippen LogP contribution in [0.5, 0.6) is 0 Å². The Morgan fingerprint density at radius 2 is 1.45 bits per heavy atom. The lowest BCUT2D eigenvalue weighted by Gasteiger charge is -2.10. The van der Waals surface area contributed by atoms with Crippen LogP contribution >= 0.6 is 15.9 Å². The Morgan fingerprint density at radius 3 is 1.73 bits per heavy atom. The molecule has 0 N–H and O–H groups in total. The van der Waals surface area contributed by atoms with E-state index in [-0.39, 0.29) is 0 Å². The molecule has 0 aromatic heterocycles. The molecule has 0 aliphatic rings. The molecule has 0 saturated heterocycles. The van der Waals surface area contributed by atoms with Gasteiger partial charge in [-0.1, -0.05) is 0 Å². The van der Waals surface area contributed by atoms with Crippen molar-refractivity contribution < 1.29 is 26.7 Å². The number of halogens is 6. The van der Waals surface area contributed by atoms with Crippen LogP contribution in [0.25, 0.3) is 0 Å². The molecule has 0 fully saturated rings. The summed E-state index contributed by atoms with van der Waals surface area (Å²) < 4.78 is 60.8. The van der Waals surface area contributed by atoms with Crippen LogP contribution in [0.15, 0.2) is 0 Å². The maximum Gasteiger partial charge on any atom is 0.411 e. The van der Waals surface area contributed by atoms with E-state index in [1.165, 1.54) is 0 Å².